The van der Waals surface area contributed by atoms with E-state index in [1.807, 2.05) is 36.4 Å². The Bertz CT molecular complexity index is 715. The minimum absolute atomic E-state index is 0.740. The van der Waals surface area contributed by atoms with Gasteiger partial charge in [0.15, 0.2) is 0 Å². The Morgan fingerprint density at radius 2 is 1.00 bits per heavy atom. The Labute approximate surface area is 120 Å². The van der Waals surface area contributed by atoms with E-state index in [-0.39, 0.29) is 0 Å². The third-order valence-corrected chi connectivity index (χ3v) is 5.17. The molecule has 2 atom stereocenters. The first kappa shape index (κ1) is 12.6. The maximum absolute atomic E-state index is 6.11. The van der Waals surface area contributed by atoms with Crippen LogP contribution in [0.25, 0.3) is 21.5 Å². The molecule has 0 aromatic heterocycles. The van der Waals surface area contributed by atoms with Crippen LogP contribution in [0, 0.1) is 0 Å². The van der Waals surface area contributed by atoms with Gasteiger partial charge < -0.3 is 0 Å². The summed E-state index contributed by atoms with van der Waals surface area (Å²) in [5, 5.41) is 8.48. The normalized spacial score (nSPS) is 11.3. The van der Waals surface area contributed by atoms with Gasteiger partial charge in [-0.3, -0.25) is 0 Å². The molecule has 0 radical (unpaired) electrons. The molecule has 0 aliphatic heterocycles. The lowest BCUT2D eigenvalue weighted by molar-refractivity contribution is 1.79. The molecule has 0 aliphatic carbocycles. The summed E-state index contributed by atoms with van der Waals surface area (Å²) in [6.45, 7) is 0. The van der Waals surface area contributed by atoms with Crippen molar-refractivity contribution in [1.29, 1.82) is 0 Å². The molecular formula is C14H10Cl2P2. The van der Waals surface area contributed by atoms with Crippen molar-refractivity contribution in [2.24, 2.45) is 0 Å². The zero-order valence-corrected chi connectivity index (χ0v) is 13.2. The van der Waals surface area contributed by atoms with Gasteiger partial charge in [-0.05, 0) is 56.4 Å². The summed E-state index contributed by atoms with van der Waals surface area (Å²) in [4.78, 5) is 0. The van der Waals surface area contributed by atoms with Gasteiger partial charge in [0.25, 0.3) is 0 Å². The molecule has 2 unspecified atom stereocenters. The number of halogens is 2. The number of hydrogen-bond donors (Lipinski definition) is 0. The number of benzene rings is 3. The Morgan fingerprint density at radius 1 is 0.611 bits per heavy atom. The molecule has 0 spiro atoms. The van der Waals surface area contributed by atoms with Crippen molar-refractivity contribution < 1.29 is 0 Å². The largest absolute Gasteiger partial charge is 0.104 e. The molecular weight excluding hydrogens is 301 g/mol. The summed E-state index contributed by atoms with van der Waals surface area (Å²) in [6.07, 6.45) is 0. The van der Waals surface area contributed by atoms with Gasteiger partial charge in [-0.25, -0.2) is 0 Å². The van der Waals surface area contributed by atoms with Crippen LogP contribution in [0.5, 0.6) is 0 Å². The molecule has 90 valence electrons. The fraction of sp³-hybridized carbons (Fsp3) is 0. The van der Waals surface area contributed by atoms with Crippen LogP contribution in [0.2, 0.25) is 10.0 Å². The molecule has 0 heterocycles. The van der Waals surface area contributed by atoms with E-state index in [2.05, 4.69) is 18.5 Å². The van der Waals surface area contributed by atoms with E-state index < -0.39 is 0 Å². The Balaban J connectivity index is 2.64. The molecule has 0 nitrogen and oxygen atoms in total. The second-order valence-electron chi connectivity index (χ2n) is 4.21. The molecule has 3 aromatic rings. The summed E-state index contributed by atoms with van der Waals surface area (Å²) in [6, 6.07) is 11.9. The zero-order chi connectivity index (χ0) is 12.9. The van der Waals surface area contributed by atoms with Gasteiger partial charge in [0.1, 0.15) is 0 Å². The second kappa shape index (κ2) is 4.62. The highest BCUT2D eigenvalue weighted by Crippen LogP contribution is 2.29. The molecule has 0 N–H and O–H groups in total. The van der Waals surface area contributed by atoms with Gasteiger partial charge in [0.05, 0.1) is 0 Å². The molecule has 18 heavy (non-hydrogen) atoms. The predicted octanol–water partition coefficient (Wildman–Crippen LogP) is 4.30. The van der Waals surface area contributed by atoms with Crippen molar-refractivity contribution >= 4 is 73.8 Å². The van der Waals surface area contributed by atoms with Crippen LogP contribution in [0.3, 0.4) is 0 Å². The monoisotopic (exact) mass is 310 g/mol. The highest BCUT2D eigenvalue weighted by molar-refractivity contribution is 7.37. The smallest absolute Gasteiger partial charge is 0.0412 e. The van der Waals surface area contributed by atoms with Gasteiger partial charge >= 0.3 is 0 Å². The summed E-state index contributed by atoms with van der Waals surface area (Å²) >= 11 is 12.2. The van der Waals surface area contributed by atoms with E-state index in [1.54, 1.807) is 0 Å². The molecule has 0 fully saturated rings. The van der Waals surface area contributed by atoms with Gasteiger partial charge in [0, 0.05) is 10.0 Å². The summed E-state index contributed by atoms with van der Waals surface area (Å²) in [7, 11) is 5.61. The van der Waals surface area contributed by atoms with Crippen LogP contribution in [0.15, 0.2) is 36.4 Å². The Kier molecular flexibility index (Phi) is 3.25. The highest BCUT2D eigenvalue weighted by Gasteiger charge is 2.09. The zero-order valence-electron chi connectivity index (χ0n) is 9.37. The van der Waals surface area contributed by atoms with Gasteiger partial charge in [-0.2, -0.15) is 0 Å². The van der Waals surface area contributed by atoms with Gasteiger partial charge in [0.2, 0.25) is 0 Å². The lowest BCUT2D eigenvalue weighted by atomic mass is 10.0. The first-order chi connectivity index (χ1) is 8.58. The number of rotatable bonds is 0. The van der Waals surface area contributed by atoms with E-state index in [9.17, 15) is 0 Å². The minimum Gasteiger partial charge on any atom is -0.104 e. The van der Waals surface area contributed by atoms with Gasteiger partial charge in [-0.15, -0.1) is 18.5 Å². The van der Waals surface area contributed by atoms with E-state index >= 15 is 0 Å². The van der Waals surface area contributed by atoms with Gasteiger partial charge in [-0.1, -0.05) is 35.3 Å². The number of hydrogen-bond acceptors (Lipinski definition) is 0. The summed E-state index contributed by atoms with van der Waals surface area (Å²) in [5.74, 6) is 0. The van der Waals surface area contributed by atoms with Crippen molar-refractivity contribution in [3.63, 3.8) is 0 Å². The molecule has 0 saturated carbocycles. The summed E-state index contributed by atoms with van der Waals surface area (Å²) < 4.78 is 0. The standard InChI is InChI=1S/C14H10Cl2P2/c15-7-1-3-9-11(5-7)12-6-8(16)2-4-10(12)14(18)13(9)17/h1-6H,17-18H2. The first-order valence-corrected chi connectivity index (χ1v) is 7.34. The maximum Gasteiger partial charge on any atom is 0.0412 e. The Morgan fingerprint density at radius 3 is 1.39 bits per heavy atom. The van der Waals surface area contributed by atoms with E-state index in [0.29, 0.717) is 0 Å². The van der Waals surface area contributed by atoms with Crippen molar-refractivity contribution in [2.45, 2.75) is 0 Å². The average Bonchev–Trinajstić information content (AvgIpc) is 2.36. The molecule has 0 bridgehead atoms. The van der Waals surface area contributed by atoms with E-state index in [4.69, 9.17) is 23.2 Å². The quantitative estimate of drug-likeness (QED) is 0.429. The molecule has 3 aromatic carbocycles. The molecule has 0 aliphatic rings. The summed E-state index contributed by atoms with van der Waals surface area (Å²) in [5.41, 5.74) is 0. The van der Waals surface area contributed by atoms with Crippen LogP contribution in [-0.2, 0) is 0 Å². The molecule has 3 rings (SSSR count). The minimum atomic E-state index is 0.740. The third kappa shape index (κ3) is 1.93. The second-order valence-corrected chi connectivity index (χ2v) is 6.23. The van der Waals surface area contributed by atoms with Crippen molar-refractivity contribution in [2.75, 3.05) is 0 Å². The van der Waals surface area contributed by atoms with Crippen LogP contribution >= 0.6 is 41.7 Å². The SMILES string of the molecule is Pc1c(P)c2ccc(Cl)cc2c2cc(Cl)ccc12. The lowest BCUT2D eigenvalue weighted by Gasteiger charge is -2.12. The first-order valence-electron chi connectivity index (χ1n) is 5.43. The molecule has 0 saturated heterocycles. The van der Waals surface area contributed by atoms with Crippen LogP contribution in [0.1, 0.15) is 0 Å². The van der Waals surface area contributed by atoms with Crippen molar-refractivity contribution in [3.05, 3.63) is 46.4 Å². The van der Waals surface area contributed by atoms with E-state index in [0.717, 1.165) is 20.8 Å². The average molecular weight is 311 g/mol. The lowest BCUT2D eigenvalue weighted by Crippen LogP contribution is -2.13. The third-order valence-electron chi connectivity index (χ3n) is 3.12. The predicted molar refractivity (Wildman–Crippen MR) is 90.2 cm³/mol. The fourth-order valence-electron chi connectivity index (χ4n) is 2.24. The molecule has 0 amide bonds. The van der Waals surface area contributed by atoms with Crippen LogP contribution in [0.4, 0.5) is 0 Å². The highest BCUT2D eigenvalue weighted by atomic mass is 35.5. The van der Waals surface area contributed by atoms with Crippen molar-refractivity contribution in [1.82, 2.24) is 0 Å². The maximum atomic E-state index is 6.11. The fourth-order valence-corrected chi connectivity index (χ4v) is 3.40. The van der Waals surface area contributed by atoms with Crippen LogP contribution in [-0.4, -0.2) is 0 Å². The molecule has 4 heteroatoms. The topological polar surface area (TPSA) is 0 Å². The van der Waals surface area contributed by atoms with Crippen molar-refractivity contribution in [3.8, 4) is 0 Å². The van der Waals surface area contributed by atoms with E-state index in [1.165, 1.54) is 21.4 Å². The Hall–Kier alpha value is -0.380. The number of fused-ring (bicyclic) bond motifs is 3. The van der Waals surface area contributed by atoms with Crippen LogP contribution < -0.4 is 10.6 Å².